The van der Waals surface area contributed by atoms with E-state index in [9.17, 15) is 9.59 Å². The van der Waals surface area contributed by atoms with Crippen LogP contribution in [0.5, 0.6) is 0 Å². The van der Waals surface area contributed by atoms with Crippen LogP contribution in [0.2, 0.25) is 0 Å². The van der Waals surface area contributed by atoms with Crippen LogP contribution in [0.1, 0.15) is 30.1 Å². The second-order valence-electron chi connectivity index (χ2n) is 6.02. The van der Waals surface area contributed by atoms with Crippen LogP contribution in [0.3, 0.4) is 0 Å². The van der Waals surface area contributed by atoms with Crippen molar-refractivity contribution in [2.45, 2.75) is 19.8 Å². The van der Waals surface area contributed by atoms with E-state index in [1.54, 1.807) is 4.90 Å². The fourth-order valence-corrected chi connectivity index (χ4v) is 3.18. The molecule has 0 bridgehead atoms. The van der Waals surface area contributed by atoms with Crippen molar-refractivity contribution in [1.29, 1.82) is 0 Å². The number of carbonyl (C=O) groups excluding carboxylic acids is 2. The lowest BCUT2D eigenvalue weighted by molar-refractivity contribution is -0.138. The summed E-state index contributed by atoms with van der Waals surface area (Å²) < 4.78 is 0. The number of hydrogen-bond acceptors (Lipinski definition) is 3. The number of amides is 2. The van der Waals surface area contributed by atoms with Gasteiger partial charge in [-0.2, -0.15) is 0 Å². The number of piperidine rings is 1. The maximum Gasteiger partial charge on any atom is 0.254 e. The average molecular weight is 326 g/mol. The zero-order valence-electron chi connectivity index (χ0n) is 13.8. The van der Waals surface area contributed by atoms with Crippen molar-refractivity contribution in [2.75, 3.05) is 19.7 Å². The first-order valence-corrected chi connectivity index (χ1v) is 8.39. The SMILES string of the molecule is CCONC(=O)[C@@H]1CCCN(C(=O)c2cccc3ccccc23)C1. The first-order valence-electron chi connectivity index (χ1n) is 8.39. The quantitative estimate of drug-likeness (QED) is 0.879. The van der Waals surface area contributed by atoms with Crippen molar-refractivity contribution in [3.05, 3.63) is 48.0 Å². The maximum atomic E-state index is 13.0. The van der Waals surface area contributed by atoms with Crippen LogP contribution in [0.25, 0.3) is 10.8 Å². The molecule has 1 fully saturated rings. The molecular weight excluding hydrogens is 304 g/mol. The number of likely N-dealkylation sites (tertiary alicyclic amines) is 1. The minimum atomic E-state index is -0.218. The standard InChI is InChI=1S/C19H22N2O3/c1-2-24-20-18(22)15-9-6-12-21(13-15)19(23)17-11-5-8-14-7-3-4-10-16(14)17/h3-5,7-8,10-11,15H,2,6,9,12-13H2,1H3,(H,20,22)/t15-/m1/s1. The molecule has 126 valence electrons. The second-order valence-corrected chi connectivity index (χ2v) is 6.02. The minimum absolute atomic E-state index is 0.0132. The number of nitrogens with zero attached hydrogens (tertiary/aromatic N) is 1. The Balaban J connectivity index is 1.78. The molecule has 1 heterocycles. The molecule has 1 aliphatic rings. The monoisotopic (exact) mass is 326 g/mol. The van der Waals surface area contributed by atoms with E-state index < -0.39 is 0 Å². The fraction of sp³-hybridized carbons (Fsp3) is 0.368. The normalized spacial score (nSPS) is 17.7. The Kier molecular flexibility index (Phi) is 5.11. The molecule has 2 aromatic carbocycles. The summed E-state index contributed by atoms with van der Waals surface area (Å²) in [5, 5.41) is 2.00. The highest BCUT2D eigenvalue weighted by Crippen LogP contribution is 2.23. The summed E-state index contributed by atoms with van der Waals surface area (Å²) in [5.74, 6) is -0.378. The molecule has 0 spiro atoms. The summed E-state index contributed by atoms with van der Waals surface area (Å²) in [5.41, 5.74) is 3.15. The highest BCUT2D eigenvalue weighted by molar-refractivity contribution is 6.07. The number of hydrogen-bond donors (Lipinski definition) is 1. The Hall–Kier alpha value is -2.40. The van der Waals surface area contributed by atoms with Crippen LogP contribution in [0.4, 0.5) is 0 Å². The van der Waals surface area contributed by atoms with Gasteiger partial charge in [-0.3, -0.25) is 14.4 Å². The van der Waals surface area contributed by atoms with Gasteiger partial charge in [-0.15, -0.1) is 0 Å². The first kappa shape index (κ1) is 16.5. The van der Waals surface area contributed by atoms with Crippen molar-refractivity contribution >= 4 is 22.6 Å². The lowest BCUT2D eigenvalue weighted by Gasteiger charge is -2.32. The first-order chi connectivity index (χ1) is 11.7. The molecule has 1 atom stereocenters. The highest BCUT2D eigenvalue weighted by Gasteiger charge is 2.29. The number of carbonyl (C=O) groups is 2. The van der Waals surface area contributed by atoms with E-state index in [1.807, 2.05) is 49.4 Å². The lowest BCUT2D eigenvalue weighted by atomic mass is 9.96. The Morgan fingerprint density at radius 1 is 1.21 bits per heavy atom. The van der Waals surface area contributed by atoms with Crippen LogP contribution in [0.15, 0.2) is 42.5 Å². The van der Waals surface area contributed by atoms with E-state index in [-0.39, 0.29) is 17.7 Å². The molecule has 24 heavy (non-hydrogen) atoms. The largest absolute Gasteiger partial charge is 0.338 e. The Bertz CT molecular complexity index is 739. The van der Waals surface area contributed by atoms with Gasteiger partial charge >= 0.3 is 0 Å². The van der Waals surface area contributed by atoms with Gasteiger partial charge in [0.15, 0.2) is 0 Å². The summed E-state index contributed by atoms with van der Waals surface area (Å²) in [7, 11) is 0. The molecule has 0 aromatic heterocycles. The third kappa shape index (κ3) is 3.41. The highest BCUT2D eigenvalue weighted by atomic mass is 16.6. The molecule has 0 radical (unpaired) electrons. The number of hydroxylamine groups is 1. The van der Waals surface area contributed by atoms with Crippen molar-refractivity contribution in [2.24, 2.45) is 5.92 Å². The summed E-state index contributed by atoms with van der Waals surface area (Å²) >= 11 is 0. The molecule has 5 heteroatoms. The van der Waals surface area contributed by atoms with Gasteiger partial charge in [-0.05, 0) is 36.6 Å². The molecule has 2 aromatic rings. The molecule has 1 N–H and O–H groups in total. The van der Waals surface area contributed by atoms with E-state index in [2.05, 4.69) is 5.48 Å². The summed E-state index contributed by atoms with van der Waals surface area (Å²) in [6.45, 7) is 3.36. The molecular formula is C19H22N2O3. The predicted molar refractivity (Wildman–Crippen MR) is 92.3 cm³/mol. The molecule has 3 rings (SSSR count). The number of fused-ring (bicyclic) bond motifs is 1. The molecule has 1 saturated heterocycles. The van der Waals surface area contributed by atoms with Gasteiger partial charge in [0.2, 0.25) is 5.91 Å². The number of benzene rings is 2. The summed E-state index contributed by atoms with van der Waals surface area (Å²) in [4.78, 5) is 31.8. The van der Waals surface area contributed by atoms with Gasteiger partial charge in [0.05, 0.1) is 12.5 Å². The van der Waals surface area contributed by atoms with Crippen LogP contribution < -0.4 is 5.48 Å². The molecule has 2 amide bonds. The zero-order chi connectivity index (χ0) is 16.9. The Labute approximate surface area is 141 Å². The smallest absolute Gasteiger partial charge is 0.254 e. The number of rotatable bonds is 4. The Morgan fingerprint density at radius 3 is 2.83 bits per heavy atom. The molecule has 0 aliphatic carbocycles. The van der Waals surface area contributed by atoms with Crippen LogP contribution in [-0.2, 0) is 9.63 Å². The van der Waals surface area contributed by atoms with Gasteiger partial charge in [0, 0.05) is 18.7 Å². The van der Waals surface area contributed by atoms with Gasteiger partial charge in [0.25, 0.3) is 5.91 Å². The minimum Gasteiger partial charge on any atom is -0.338 e. The number of nitrogens with one attached hydrogen (secondary N) is 1. The van der Waals surface area contributed by atoms with Gasteiger partial charge in [0.1, 0.15) is 0 Å². The van der Waals surface area contributed by atoms with E-state index in [4.69, 9.17) is 4.84 Å². The van der Waals surface area contributed by atoms with E-state index >= 15 is 0 Å². The van der Waals surface area contributed by atoms with Gasteiger partial charge in [-0.1, -0.05) is 36.4 Å². The zero-order valence-corrected chi connectivity index (χ0v) is 13.8. The van der Waals surface area contributed by atoms with Crippen molar-refractivity contribution in [3.8, 4) is 0 Å². The molecule has 5 nitrogen and oxygen atoms in total. The van der Waals surface area contributed by atoms with E-state index in [0.717, 1.165) is 23.6 Å². The second kappa shape index (κ2) is 7.45. The lowest BCUT2D eigenvalue weighted by Crippen LogP contribution is -2.45. The summed E-state index contributed by atoms with van der Waals surface area (Å²) in [6.07, 6.45) is 1.60. The topological polar surface area (TPSA) is 58.6 Å². The van der Waals surface area contributed by atoms with Crippen LogP contribution >= 0.6 is 0 Å². The molecule has 1 aliphatic heterocycles. The van der Waals surface area contributed by atoms with E-state index in [0.29, 0.717) is 25.3 Å². The van der Waals surface area contributed by atoms with Gasteiger partial charge < -0.3 is 4.90 Å². The maximum absolute atomic E-state index is 13.0. The third-order valence-corrected chi connectivity index (χ3v) is 4.42. The Morgan fingerprint density at radius 2 is 2.00 bits per heavy atom. The van der Waals surface area contributed by atoms with E-state index in [1.165, 1.54) is 0 Å². The van der Waals surface area contributed by atoms with Crippen molar-refractivity contribution < 1.29 is 14.4 Å². The fourth-order valence-electron chi connectivity index (χ4n) is 3.18. The third-order valence-electron chi connectivity index (χ3n) is 4.42. The van der Waals surface area contributed by atoms with Crippen LogP contribution in [-0.4, -0.2) is 36.4 Å². The van der Waals surface area contributed by atoms with Crippen molar-refractivity contribution in [1.82, 2.24) is 10.4 Å². The molecule has 0 saturated carbocycles. The van der Waals surface area contributed by atoms with Gasteiger partial charge in [-0.25, -0.2) is 5.48 Å². The average Bonchev–Trinajstić information content (AvgIpc) is 2.65. The van der Waals surface area contributed by atoms with Crippen molar-refractivity contribution in [3.63, 3.8) is 0 Å². The summed E-state index contributed by atoms with van der Waals surface area (Å²) in [6, 6.07) is 13.6. The van der Waals surface area contributed by atoms with Crippen LogP contribution in [0, 0.1) is 5.92 Å². The predicted octanol–water partition coefficient (Wildman–Crippen LogP) is 2.76. The molecule has 0 unspecified atom stereocenters.